The molecule has 0 bridgehead atoms. The second-order valence-electron chi connectivity index (χ2n) is 7.02. The summed E-state index contributed by atoms with van der Waals surface area (Å²) in [6, 6.07) is 13.3. The number of cyclic esters (lactones) is 1. The average molecular weight is 393 g/mol. The van der Waals surface area contributed by atoms with Gasteiger partial charge in [-0.1, -0.05) is 49.9 Å². The molecule has 1 aliphatic heterocycles. The van der Waals surface area contributed by atoms with Crippen LogP contribution in [0.5, 0.6) is 11.5 Å². The molecule has 5 heteroatoms. The molecule has 1 heterocycles. The lowest BCUT2D eigenvalue weighted by atomic mass is 10.1. The average Bonchev–Trinajstić information content (AvgIpc) is 3.09. The summed E-state index contributed by atoms with van der Waals surface area (Å²) in [6.45, 7) is 4.83. The normalized spacial score (nSPS) is 14.7. The SMILES string of the molecule is CCCCCCOc1ccc(/C=C2\N=C(c3cccc(C)c3)OC2=O)cc1OC. The van der Waals surface area contributed by atoms with Gasteiger partial charge >= 0.3 is 5.97 Å². The number of benzene rings is 2. The van der Waals surface area contributed by atoms with Crippen LogP contribution in [-0.4, -0.2) is 25.6 Å². The lowest BCUT2D eigenvalue weighted by Gasteiger charge is -2.11. The summed E-state index contributed by atoms with van der Waals surface area (Å²) in [5, 5.41) is 0. The zero-order chi connectivity index (χ0) is 20.6. The van der Waals surface area contributed by atoms with Gasteiger partial charge in [0.15, 0.2) is 17.2 Å². The zero-order valence-electron chi connectivity index (χ0n) is 17.2. The predicted octanol–water partition coefficient (Wildman–Crippen LogP) is 5.31. The number of esters is 1. The van der Waals surface area contributed by atoms with Crippen molar-refractivity contribution in [3.05, 3.63) is 64.9 Å². The van der Waals surface area contributed by atoms with E-state index in [1.807, 2.05) is 49.4 Å². The number of rotatable bonds is 9. The maximum Gasteiger partial charge on any atom is 0.363 e. The number of nitrogens with zero attached hydrogens (tertiary/aromatic N) is 1. The van der Waals surface area contributed by atoms with Gasteiger partial charge in [-0.15, -0.1) is 0 Å². The molecule has 0 radical (unpaired) electrons. The highest BCUT2D eigenvalue weighted by atomic mass is 16.6. The molecule has 0 N–H and O–H groups in total. The molecular weight excluding hydrogens is 366 g/mol. The van der Waals surface area contributed by atoms with Gasteiger partial charge in [-0.05, 0) is 49.2 Å². The molecule has 0 saturated carbocycles. The van der Waals surface area contributed by atoms with Crippen LogP contribution in [0.25, 0.3) is 6.08 Å². The van der Waals surface area contributed by atoms with Crippen molar-refractivity contribution < 1.29 is 19.0 Å². The molecule has 29 heavy (non-hydrogen) atoms. The minimum atomic E-state index is -0.461. The van der Waals surface area contributed by atoms with Crippen LogP contribution in [0.2, 0.25) is 0 Å². The van der Waals surface area contributed by atoms with Crippen LogP contribution < -0.4 is 9.47 Å². The lowest BCUT2D eigenvalue weighted by Crippen LogP contribution is -2.05. The Kier molecular flexibility index (Phi) is 7.06. The summed E-state index contributed by atoms with van der Waals surface area (Å²) < 4.78 is 16.6. The molecule has 0 aromatic heterocycles. The highest BCUT2D eigenvalue weighted by Gasteiger charge is 2.24. The molecule has 0 unspecified atom stereocenters. The van der Waals surface area contributed by atoms with Crippen molar-refractivity contribution in [2.24, 2.45) is 4.99 Å². The van der Waals surface area contributed by atoms with Crippen LogP contribution in [0.1, 0.15) is 49.3 Å². The van der Waals surface area contributed by atoms with E-state index >= 15 is 0 Å². The van der Waals surface area contributed by atoms with Gasteiger partial charge < -0.3 is 14.2 Å². The number of carbonyl (C=O) groups excluding carboxylic acids is 1. The van der Waals surface area contributed by atoms with Crippen molar-refractivity contribution in [2.75, 3.05) is 13.7 Å². The van der Waals surface area contributed by atoms with Gasteiger partial charge in [-0.2, -0.15) is 0 Å². The molecule has 2 aromatic carbocycles. The van der Waals surface area contributed by atoms with E-state index in [1.54, 1.807) is 13.2 Å². The fourth-order valence-electron chi connectivity index (χ4n) is 3.07. The van der Waals surface area contributed by atoms with Gasteiger partial charge in [0.25, 0.3) is 0 Å². The highest BCUT2D eigenvalue weighted by Crippen LogP contribution is 2.30. The number of methoxy groups -OCH3 is 1. The molecule has 0 atom stereocenters. The second-order valence-corrected chi connectivity index (χ2v) is 7.02. The van der Waals surface area contributed by atoms with E-state index in [4.69, 9.17) is 14.2 Å². The van der Waals surface area contributed by atoms with Crippen LogP contribution in [-0.2, 0) is 9.53 Å². The number of aryl methyl sites for hydroxylation is 1. The Balaban J connectivity index is 1.74. The topological polar surface area (TPSA) is 57.1 Å². The second kappa shape index (κ2) is 9.92. The van der Waals surface area contributed by atoms with Gasteiger partial charge in [0.05, 0.1) is 13.7 Å². The zero-order valence-corrected chi connectivity index (χ0v) is 17.2. The smallest absolute Gasteiger partial charge is 0.363 e. The Bertz CT molecular complexity index is 930. The largest absolute Gasteiger partial charge is 0.493 e. The summed E-state index contributed by atoms with van der Waals surface area (Å²) in [5.74, 6) is 1.19. The van der Waals surface area contributed by atoms with Crippen molar-refractivity contribution in [1.82, 2.24) is 0 Å². The van der Waals surface area contributed by atoms with Crippen LogP contribution >= 0.6 is 0 Å². The van der Waals surface area contributed by atoms with Gasteiger partial charge in [0, 0.05) is 5.56 Å². The standard InChI is InChI=1S/C24H27NO4/c1-4-5-6-7-13-28-21-12-11-18(16-22(21)27-3)15-20-24(26)29-23(25-20)19-10-8-9-17(2)14-19/h8-12,14-16H,4-7,13H2,1-3H3/b20-15-. The molecular formula is C24H27NO4. The van der Waals surface area contributed by atoms with Crippen molar-refractivity contribution in [3.8, 4) is 11.5 Å². The van der Waals surface area contributed by atoms with E-state index in [-0.39, 0.29) is 5.70 Å². The molecule has 0 saturated heterocycles. The van der Waals surface area contributed by atoms with Gasteiger partial charge in [-0.3, -0.25) is 0 Å². The number of ether oxygens (including phenoxy) is 3. The Labute approximate surface area is 172 Å². The van der Waals surface area contributed by atoms with E-state index in [0.717, 1.165) is 29.5 Å². The van der Waals surface area contributed by atoms with Crippen molar-refractivity contribution >= 4 is 17.9 Å². The fraction of sp³-hybridized carbons (Fsp3) is 0.333. The van der Waals surface area contributed by atoms with Crippen LogP contribution in [0.15, 0.2) is 53.2 Å². The van der Waals surface area contributed by atoms with Gasteiger partial charge in [-0.25, -0.2) is 9.79 Å². The van der Waals surface area contributed by atoms with E-state index in [2.05, 4.69) is 11.9 Å². The summed E-state index contributed by atoms with van der Waals surface area (Å²) in [4.78, 5) is 16.6. The molecule has 0 aliphatic carbocycles. The van der Waals surface area contributed by atoms with E-state index in [1.165, 1.54) is 12.8 Å². The first-order chi connectivity index (χ1) is 14.1. The lowest BCUT2D eigenvalue weighted by molar-refractivity contribution is -0.129. The Hall–Kier alpha value is -3.08. The number of carbonyl (C=O) groups is 1. The maximum atomic E-state index is 12.2. The number of hydrogen-bond acceptors (Lipinski definition) is 5. The molecule has 2 aromatic rings. The van der Waals surface area contributed by atoms with Crippen molar-refractivity contribution in [1.29, 1.82) is 0 Å². The molecule has 0 spiro atoms. The first-order valence-electron chi connectivity index (χ1n) is 10.0. The van der Waals surface area contributed by atoms with E-state index in [9.17, 15) is 4.79 Å². The minimum absolute atomic E-state index is 0.261. The van der Waals surface area contributed by atoms with Crippen LogP contribution in [0.4, 0.5) is 0 Å². The Morgan fingerprint density at radius 2 is 1.93 bits per heavy atom. The third-order valence-electron chi connectivity index (χ3n) is 4.63. The predicted molar refractivity (Wildman–Crippen MR) is 114 cm³/mol. The summed E-state index contributed by atoms with van der Waals surface area (Å²) in [5.41, 5.74) is 2.91. The maximum absolute atomic E-state index is 12.2. The Morgan fingerprint density at radius 1 is 1.07 bits per heavy atom. The molecule has 152 valence electrons. The third kappa shape index (κ3) is 5.47. The molecule has 0 fully saturated rings. The monoisotopic (exact) mass is 393 g/mol. The summed E-state index contributed by atoms with van der Waals surface area (Å²) in [6.07, 6.45) is 6.29. The quantitative estimate of drug-likeness (QED) is 0.329. The number of aliphatic imine (C=N–C) groups is 1. The van der Waals surface area contributed by atoms with E-state index < -0.39 is 5.97 Å². The van der Waals surface area contributed by atoms with Crippen molar-refractivity contribution in [2.45, 2.75) is 39.5 Å². The van der Waals surface area contributed by atoms with Gasteiger partial charge in [0.1, 0.15) is 0 Å². The fourth-order valence-corrected chi connectivity index (χ4v) is 3.07. The Morgan fingerprint density at radius 3 is 2.69 bits per heavy atom. The van der Waals surface area contributed by atoms with Crippen molar-refractivity contribution in [3.63, 3.8) is 0 Å². The molecule has 1 aliphatic rings. The summed E-state index contributed by atoms with van der Waals surface area (Å²) in [7, 11) is 1.61. The number of unbranched alkanes of at least 4 members (excludes halogenated alkanes) is 3. The number of hydrogen-bond donors (Lipinski definition) is 0. The van der Waals surface area contributed by atoms with Crippen LogP contribution in [0.3, 0.4) is 0 Å². The molecule has 3 rings (SSSR count). The highest BCUT2D eigenvalue weighted by molar-refractivity contribution is 6.12. The first kappa shape index (κ1) is 20.6. The third-order valence-corrected chi connectivity index (χ3v) is 4.63. The van der Waals surface area contributed by atoms with Gasteiger partial charge in [0.2, 0.25) is 5.90 Å². The summed E-state index contributed by atoms with van der Waals surface area (Å²) >= 11 is 0. The van der Waals surface area contributed by atoms with Crippen LogP contribution in [0, 0.1) is 6.92 Å². The van der Waals surface area contributed by atoms with E-state index in [0.29, 0.717) is 24.0 Å². The minimum Gasteiger partial charge on any atom is -0.493 e. The molecule has 0 amide bonds. The molecule has 5 nitrogen and oxygen atoms in total. The first-order valence-corrected chi connectivity index (χ1v) is 10.0.